The minimum Gasteiger partial charge on any atom is -0.399 e. The summed E-state index contributed by atoms with van der Waals surface area (Å²) in [5, 5.41) is 18.8. The topological polar surface area (TPSA) is 103 Å². The molecule has 0 spiro atoms. The lowest BCUT2D eigenvalue weighted by atomic mass is 10.4. The van der Waals surface area contributed by atoms with Crippen LogP contribution in [0.3, 0.4) is 0 Å². The van der Waals surface area contributed by atoms with Crippen LogP contribution in [-0.4, -0.2) is 27.6 Å². The minimum atomic E-state index is -0.994. The smallest absolute Gasteiger partial charge is 0.338 e. The number of aliphatic hydroxyl groups excluding tert-OH is 1. The first-order valence-electron chi connectivity index (χ1n) is 3.56. The molecule has 0 fully saturated rings. The number of aromatic nitrogens is 1. The average Bonchev–Trinajstić information content (AvgIpc) is 2.18. The molecule has 74 valence electrons. The quantitative estimate of drug-likeness (QED) is 0.413. The van der Waals surface area contributed by atoms with Gasteiger partial charge in [0.15, 0.2) is 0 Å². The van der Waals surface area contributed by atoms with Crippen LogP contribution < -0.4 is 4.74 Å². The van der Waals surface area contributed by atoms with Crippen molar-refractivity contribution in [2.45, 2.75) is 0 Å². The van der Waals surface area contributed by atoms with E-state index < -0.39 is 29.1 Å². The molecule has 0 unspecified atom stereocenters. The summed E-state index contributed by atoms with van der Waals surface area (Å²) in [7, 11) is 0. The number of esters is 1. The molecule has 0 aliphatic rings. The van der Waals surface area contributed by atoms with E-state index in [-0.39, 0.29) is 0 Å². The van der Waals surface area contributed by atoms with Gasteiger partial charge in [-0.2, -0.15) is 0 Å². The van der Waals surface area contributed by atoms with Gasteiger partial charge in [-0.25, -0.2) is 9.78 Å². The molecule has 0 saturated carbocycles. The number of aliphatic hydroxyl groups is 1. The largest absolute Gasteiger partial charge is 0.399 e. The maximum atomic E-state index is 10.6. The van der Waals surface area contributed by atoms with Crippen molar-refractivity contribution in [2.24, 2.45) is 0 Å². The van der Waals surface area contributed by atoms with E-state index in [0.29, 0.717) is 0 Å². The van der Waals surface area contributed by atoms with Gasteiger partial charge in [0, 0.05) is 12.3 Å². The van der Waals surface area contributed by atoms with Gasteiger partial charge in [0.2, 0.25) is 0 Å². The predicted octanol–water partition coefficient (Wildman–Crippen LogP) is -0.112. The number of nitrogens with zero attached hydrogens (tertiary/aromatic N) is 2. The zero-order chi connectivity index (χ0) is 10.6. The second-order valence-corrected chi connectivity index (χ2v) is 2.22. The number of hydrogen-bond acceptors (Lipinski definition) is 6. The highest BCUT2D eigenvalue weighted by atomic mass is 16.6. The fourth-order valence-electron chi connectivity index (χ4n) is 0.740. The van der Waals surface area contributed by atoms with Crippen molar-refractivity contribution in [3.8, 4) is 5.88 Å². The molecule has 1 heterocycles. The SMILES string of the molecule is O=C(CO)Oc1ncccc1[N+](=O)[O-]. The molecular formula is C7H6N2O5. The van der Waals surface area contributed by atoms with E-state index >= 15 is 0 Å². The summed E-state index contributed by atoms with van der Waals surface area (Å²) in [5.41, 5.74) is -0.422. The molecule has 7 heteroatoms. The lowest BCUT2D eigenvalue weighted by Crippen LogP contribution is -2.13. The van der Waals surface area contributed by atoms with E-state index in [9.17, 15) is 14.9 Å². The Bertz CT molecular complexity index is 365. The molecule has 1 N–H and O–H groups in total. The molecule has 0 aromatic carbocycles. The van der Waals surface area contributed by atoms with Crippen LogP contribution in [0, 0.1) is 10.1 Å². The summed E-state index contributed by atoms with van der Waals surface area (Å²) in [6, 6.07) is 2.49. The van der Waals surface area contributed by atoms with Crippen LogP contribution in [-0.2, 0) is 4.79 Å². The number of pyridine rings is 1. The third kappa shape index (κ3) is 2.23. The number of carbonyl (C=O) groups is 1. The Labute approximate surface area is 78.1 Å². The molecule has 0 aliphatic heterocycles. The fourth-order valence-corrected chi connectivity index (χ4v) is 0.740. The van der Waals surface area contributed by atoms with Gasteiger partial charge in [-0.3, -0.25) is 10.1 Å². The van der Waals surface area contributed by atoms with Gasteiger partial charge in [-0.15, -0.1) is 0 Å². The first-order valence-corrected chi connectivity index (χ1v) is 3.56. The molecule has 7 nitrogen and oxygen atoms in total. The maximum absolute atomic E-state index is 10.6. The third-order valence-corrected chi connectivity index (χ3v) is 1.29. The molecule has 0 atom stereocenters. The monoisotopic (exact) mass is 198 g/mol. The summed E-state index contributed by atoms with van der Waals surface area (Å²) >= 11 is 0. The maximum Gasteiger partial charge on any atom is 0.338 e. The molecule has 14 heavy (non-hydrogen) atoms. The summed E-state index contributed by atoms with van der Waals surface area (Å²) in [6.07, 6.45) is 1.24. The van der Waals surface area contributed by atoms with Crippen molar-refractivity contribution in [3.05, 3.63) is 28.4 Å². The first-order chi connectivity index (χ1) is 6.65. The Balaban J connectivity index is 2.95. The van der Waals surface area contributed by atoms with Crippen LogP contribution in [0.5, 0.6) is 5.88 Å². The van der Waals surface area contributed by atoms with Crippen LogP contribution in [0.25, 0.3) is 0 Å². The number of carbonyl (C=O) groups excluding carboxylic acids is 1. The van der Waals surface area contributed by atoms with E-state index in [1.807, 2.05) is 0 Å². The number of rotatable bonds is 3. The van der Waals surface area contributed by atoms with Crippen molar-refractivity contribution >= 4 is 11.7 Å². The van der Waals surface area contributed by atoms with Gasteiger partial charge < -0.3 is 9.84 Å². The van der Waals surface area contributed by atoms with E-state index in [4.69, 9.17) is 5.11 Å². The molecule has 0 aliphatic carbocycles. The van der Waals surface area contributed by atoms with Gasteiger partial charge in [-0.1, -0.05) is 0 Å². The normalized spacial score (nSPS) is 9.50. The van der Waals surface area contributed by atoms with E-state index in [1.165, 1.54) is 12.3 Å². The standard InChI is InChI=1S/C7H6N2O5/c10-4-6(11)14-7-5(9(12)13)2-1-3-8-7/h1-3,10H,4H2. The minimum absolute atomic E-state index is 0.420. The zero-order valence-corrected chi connectivity index (χ0v) is 6.91. The molecule has 0 bridgehead atoms. The lowest BCUT2D eigenvalue weighted by molar-refractivity contribution is -0.386. The number of nitro groups is 1. The molecule has 0 amide bonds. The fraction of sp³-hybridized carbons (Fsp3) is 0.143. The Kier molecular flexibility index (Phi) is 3.08. The van der Waals surface area contributed by atoms with E-state index in [0.717, 1.165) is 6.07 Å². The molecule has 0 saturated heterocycles. The highest BCUT2D eigenvalue weighted by molar-refractivity contribution is 5.73. The van der Waals surface area contributed by atoms with Crippen molar-refractivity contribution < 1.29 is 19.6 Å². The van der Waals surface area contributed by atoms with Crippen molar-refractivity contribution in [1.82, 2.24) is 4.98 Å². The highest BCUT2D eigenvalue weighted by Gasteiger charge is 2.17. The molecule has 0 radical (unpaired) electrons. The summed E-state index contributed by atoms with van der Waals surface area (Å²) in [5.74, 6) is -1.41. The van der Waals surface area contributed by atoms with Gasteiger partial charge in [0.1, 0.15) is 6.61 Å². The molecule has 1 aromatic heterocycles. The molecule has 1 aromatic rings. The highest BCUT2D eigenvalue weighted by Crippen LogP contribution is 2.22. The lowest BCUT2D eigenvalue weighted by Gasteiger charge is -2.00. The number of ether oxygens (including phenoxy) is 1. The van der Waals surface area contributed by atoms with Crippen LogP contribution in [0.1, 0.15) is 0 Å². The van der Waals surface area contributed by atoms with Crippen molar-refractivity contribution in [1.29, 1.82) is 0 Å². The predicted molar refractivity (Wildman–Crippen MR) is 43.6 cm³/mol. The van der Waals surface area contributed by atoms with Gasteiger partial charge >= 0.3 is 17.5 Å². The van der Waals surface area contributed by atoms with Crippen molar-refractivity contribution in [2.75, 3.05) is 6.61 Å². The Morgan fingerprint density at radius 1 is 1.71 bits per heavy atom. The van der Waals surface area contributed by atoms with E-state index in [2.05, 4.69) is 9.72 Å². The van der Waals surface area contributed by atoms with Crippen LogP contribution in [0.4, 0.5) is 5.69 Å². The van der Waals surface area contributed by atoms with Crippen LogP contribution in [0.15, 0.2) is 18.3 Å². The summed E-state index contributed by atoms with van der Waals surface area (Å²) in [4.78, 5) is 23.8. The Hall–Kier alpha value is -2.02. The third-order valence-electron chi connectivity index (χ3n) is 1.29. The molecular weight excluding hydrogens is 192 g/mol. The van der Waals surface area contributed by atoms with E-state index in [1.54, 1.807) is 0 Å². The second kappa shape index (κ2) is 4.28. The average molecular weight is 198 g/mol. The zero-order valence-electron chi connectivity index (χ0n) is 6.91. The van der Waals surface area contributed by atoms with Gasteiger partial charge in [0.05, 0.1) is 4.92 Å². The van der Waals surface area contributed by atoms with Gasteiger partial charge in [-0.05, 0) is 6.07 Å². The number of hydrogen-bond donors (Lipinski definition) is 1. The van der Waals surface area contributed by atoms with Crippen molar-refractivity contribution in [3.63, 3.8) is 0 Å². The van der Waals surface area contributed by atoms with Gasteiger partial charge in [0.25, 0.3) is 0 Å². The van der Waals surface area contributed by atoms with Crippen LogP contribution in [0.2, 0.25) is 0 Å². The second-order valence-electron chi connectivity index (χ2n) is 2.22. The summed E-state index contributed by atoms with van der Waals surface area (Å²) in [6.45, 7) is -0.853. The first kappa shape index (κ1) is 10.1. The van der Waals surface area contributed by atoms with Crippen LogP contribution >= 0.6 is 0 Å². The Morgan fingerprint density at radius 3 is 3.00 bits per heavy atom. The molecule has 1 rings (SSSR count). The Morgan fingerprint density at radius 2 is 2.43 bits per heavy atom. The summed E-state index contributed by atoms with van der Waals surface area (Å²) < 4.78 is 4.41.